The zero-order valence-electron chi connectivity index (χ0n) is 16.6. The van der Waals surface area contributed by atoms with Gasteiger partial charge in [0.15, 0.2) is 0 Å². The molecule has 150 valence electrons. The Labute approximate surface area is 174 Å². The average molecular weight is 399 g/mol. The van der Waals surface area contributed by atoms with E-state index < -0.39 is 0 Å². The Balaban J connectivity index is 1.43. The van der Waals surface area contributed by atoms with Crippen molar-refractivity contribution in [1.82, 2.24) is 30.5 Å². The summed E-state index contributed by atoms with van der Waals surface area (Å²) in [5, 5.41) is 11.7. The lowest BCUT2D eigenvalue weighted by atomic mass is 10.2. The van der Waals surface area contributed by atoms with Crippen molar-refractivity contribution >= 4 is 5.82 Å². The second-order valence-electron chi connectivity index (χ2n) is 7.11. The summed E-state index contributed by atoms with van der Waals surface area (Å²) >= 11 is 0. The van der Waals surface area contributed by atoms with Crippen LogP contribution in [0.1, 0.15) is 5.69 Å². The molecule has 1 N–H and O–H groups in total. The van der Waals surface area contributed by atoms with Gasteiger partial charge in [-0.2, -0.15) is 0 Å². The number of aryl methyl sites for hydroxylation is 1. The fourth-order valence-electron chi connectivity index (χ4n) is 3.43. The molecule has 3 aromatic heterocycles. The van der Waals surface area contributed by atoms with Crippen molar-refractivity contribution in [2.45, 2.75) is 6.92 Å². The highest BCUT2D eigenvalue weighted by molar-refractivity contribution is 5.64. The van der Waals surface area contributed by atoms with Crippen molar-refractivity contribution in [2.24, 2.45) is 0 Å². The molecule has 1 aromatic carbocycles. The summed E-state index contributed by atoms with van der Waals surface area (Å²) in [7, 11) is 0. The number of hydrogen-bond acceptors (Lipinski definition) is 8. The first-order valence-electron chi connectivity index (χ1n) is 9.93. The zero-order chi connectivity index (χ0) is 20.3. The van der Waals surface area contributed by atoms with Gasteiger partial charge in [-0.05, 0) is 31.2 Å². The highest BCUT2D eigenvalue weighted by Gasteiger charge is 2.17. The van der Waals surface area contributed by atoms with Crippen LogP contribution in [-0.2, 0) is 0 Å². The minimum Gasteiger partial charge on any atom is -0.415 e. The van der Waals surface area contributed by atoms with Gasteiger partial charge in [-0.3, -0.25) is 4.98 Å². The molecule has 1 saturated heterocycles. The lowest BCUT2D eigenvalue weighted by molar-refractivity contribution is 0.581. The smallest absolute Gasteiger partial charge is 0.268 e. The van der Waals surface area contributed by atoms with E-state index >= 15 is 0 Å². The number of anilines is 1. The minimum atomic E-state index is 0.353. The van der Waals surface area contributed by atoms with Crippen LogP contribution < -0.4 is 10.2 Å². The molecule has 0 bridgehead atoms. The van der Waals surface area contributed by atoms with Crippen LogP contribution in [0.3, 0.4) is 0 Å². The van der Waals surface area contributed by atoms with Gasteiger partial charge in [-0.1, -0.05) is 18.2 Å². The van der Waals surface area contributed by atoms with Gasteiger partial charge in [0, 0.05) is 43.5 Å². The SMILES string of the molecule is Cc1ncc(-c2ccc(N3CCNCC3)nc2)nc1-c1nnc(-c2ccccc2)o1. The molecule has 30 heavy (non-hydrogen) atoms. The monoisotopic (exact) mass is 399 g/mol. The van der Waals surface area contributed by atoms with Gasteiger partial charge in [-0.15, -0.1) is 10.2 Å². The molecule has 5 rings (SSSR count). The molecular weight excluding hydrogens is 378 g/mol. The molecule has 8 nitrogen and oxygen atoms in total. The van der Waals surface area contributed by atoms with Gasteiger partial charge in [0.1, 0.15) is 11.5 Å². The zero-order valence-corrected chi connectivity index (χ0v) is 16.6. The van der Waals surface area contributed by atoms with Crippen LogP contribution in [0.5, 0.6) is 0 Å². The van der Waals surface area contributed by atoms with Crippen LogP contribution in [0, 0.1) is 6.92 Å². The van der Waals surface area contributed by atoms with E-state index in [1.54, 1.807) is 6.20 Å². The fourth-order valence-corrected chi connectivity index (χ4v) is 3.43. The van der Waals surface area contributed by atoms with E-state index in [2.05, 4.69) is 30.4 Å². The Morgan fingerprint density at radius 3 is 2.43 bits per heavy atom. The molecular formula is C22H21N7O. The number of rotatable bonds is 4. The number of pyridine rings is 1. The van der Waals surface area contributed by atoms with Crippen LogP contribution in [0.15, 0.2) is 59.3 Å². The molecule has 1 aliphatic rings. The third-order valence-corrected chi connectivity index (χ3v) is 5.09. The Bertz CT molecular complexity index is 1140. The highest BCUT2D eigenvalue weighted by Crippen LogP contribution is 2.26. The van der Waals surface area contributed by atoms with E-state index in [1.807, 2.05) is 55.6 Å². The Hall–Kier alpha value is -3.65. The lowest BCUT2D eigenvalue weighted by Crippen LogP contribution is -2.43. The molecule has 1 fully saturated rings. The van der Waals surface area contributed by atoms with E-state index in [4.69, 9.17) is 9.40 Å². The van der Waals surface area contributed by atoms with Gasteiger partial charge in [0.05, 0.1) is 17.6 Å². The second-order valence-corrected chi connectivity index (χ2v) is 7.11. The molecule has 1 aliphatic heterocycles. The summed E-state index contributed by atoms with van der Waals surface area (Å²) < 4.78 is 5.87. The summed E-state index contributed by atoms with van der Waals surface area (Å²) in [6.07, 6.45) is 3.58. The predicted molar refractivity (Wildman–Crippen MR) is 114 cm³/mol. The van der Waals surface area contributed by atoms with Crippen molar-refractivity contribution in [3.05, 3.63) is 60.6 Å². The van der Waals surface area contributed by atoms with Gasteiger partial charge in [-0.25, -0.2) is 9.97 Å². The molecule has 0 amide bonds. The standard InChI is InChI=1S/C22H21N7O/c1-15-20(22-28-27-21(30-22)16-5-3-2-4-6-16)26-18(14-24-15)17-7-8-19(25-13-17)29-11-9-23-10-12-29/h2-8,13-14,23H,9-12H2,1H3. The molecule has 0 spiro atoms. The van der Waals surface area contributed by atoms with Gasteiger partial charge in [0.2, 0.25) is 5.89 Å². The molecule has 0 unspecified atom stereocenters. The van der Waals surface area contributed by atoms with Crippen molar-refractivity contribution in [2.75, 3.05) is 31.1 Å². The molecule has 8 heteroatoms. The predicted octanol–water partition coefficient (Wildman–Crippen LogP) is 2.97. The third-order valence-electron chi connectivity index (χ3n) is 5.09. The van der Waals surface area contributed by atoms with Crippen molar-refractivity contribution in [3.8, 4) is 34.3 Å². The average Bonchev–Trinajstić information content (AvgIpc) is 3.31. The number of benzene rings is 1. The maximum absolute atomic E-state index is 5.87. The third kappa shape index (κ3) is 3.65. The first-order chi connectivity index (χ1) is 14.8. The van der Waals surface area contributed by atoms with E-state index in [0.717, 1.165) is 54.5 Å². The Kier molecular flexibility index (Phi) is 4.90. The van der Waals surface area contributed by atoms with Crippen LogP contribution in [-0.4, -0.2) is 51.3 Å². The summed E-state index contributed by atoms with van der Waals surface area (Å²) in [6, 6.07) is 13.7. The lowest BCUT2D eigenvalue weighted by Gasteiger charge is -2.28. The molecule has 0 saturated carbocycles. The van der Waals surface area contributed by atoms with Crippen molar-refractivity contribution in [1.29, 1.82) is 0 Å². The quantitative estimate of drug-likeness (QED) is 0.560. The maximum Gasteiger partial charge on any atom is 0.268 e. The number of nitrogens with zero attached hydrogens (tertiary/aromatic N) is 6. The molecule has 0 radical (unpaired) electrons. The van der Waals surface area contributed by atoms with E-state index in [9.17, 15) is 0 Å². The minimum absolute atomic E-state index is 0.353. The second kappa shape index (κ2) is 8.00. The molecule has 0 atom stereocenters. The summed E-state index contributed by atoms with van der Waals surface area (Å²) in [6.45, 7) is 5.75. The number of hydrogen-bond donors (Lipinski definition) is 1. The van der Waals surface area contributed by atoms with E-state index in [-0.39, 0.29) is 0 Å². The molecule has 4 heterocycles. The van der Waals surface area contributed by atoms with E-state index in [1.165, 1.54) is 0 Å². The van der Waals surface area contributed by atoms with E-state index in [0.29, 0.717) is 17.5 Å². The number of aromatic nitrogens is 5. The molecule has 0 aliphatic carbocycles. The summed E-state index contributed by atoms with van der Waals surface area (Å²) in [4.78, 5) is 16.1. The van der Waals surface area contributed by atoms with Gasteiger partial charge >= 0.3 is 0 Å². The molecule has 4 aromatic rings. The Morgan fingerprint density at radius 2 is 1.67 bits per heavy atom. The first kappa shape index (κ1) is 18.4. The van der Waals surface area contributed by atoms with Gasteiger partial charge in [0.25, 0.3) is 5.89 Å². The summed E-state index contributed by atoms with van der Waals surface area (Å²) in [5.41, 5.74) is 3.78. The van der Waals surface area contributed by atoms with Crippen molar-refractivity contribution in [3.63, 3.8) is 0 Å². The largest absolute Gasteiger partial charge is 0.415 e. The number of piperazine rings is 1. The fraction of sp³-hybridized carbons (Fsp3) is 0.227. The normalized spacial score (nSPS) is 14.1. The Morgan fingerprint density at radius 1 is 0.867 bits per heavy atom. The number of nitrogens with one attached hydrogen (secondary N) is 1. The van der Waals surface area contributed by atoms with Crippen LogP contribution in [0.25, 0.3) is 34.3 Å². The van der Waals surface area contributed by atoms with Gasteiger partial charge < -0.3 is 14.6 Å². The first-order valence-corrected chi connectivity index (χ1v) is 9.93. The highest BCUT2D eigenvalue weighted by atomic mass is 16.4. The van der Waals surface area contributed by atoms with Crippen molar-refractivity contribution < 1.29 is 4.42 Å². The van der Waals surface area contributed by atoms with Crippen LogP contribution in [0.4, 0.5) is 5.82 Å². The topological polar surface area (TPSA) is 92.9 Å². The summed E-state index contributed by atoms with van der Waals surface area (Å²) in [5.74, 6) is 1.79. The van der Waals surface area contributed by atoms with Crippen LogP contribution in [0.2, 0.25) is 0 Å². The van der Waals surface area contributed by atoms with Crippen LogP contribution >= 0.6 is 0 Å². The maximum atomic E-state index is 5.87.